The van der Waals surface area contributed by atoms with Crippen molar-refractivity contribution < 1.29 is 14.6 Å². The highest BCUT2D eigenvalue weighted by molar-refractivity contribution is 6.32. The summed E-state index contributed by atoms with van der Waals surface area (Å²) in [5, 5.41) is 15.6. The van der Waals surface area contributed by atoms with Crippen LogP contribution in [-0.4, -0.2) is 28.8 Å². The molecule has 1 aliphatic heterocycles. The Hall–Kier alpha value is -2.04. The van der Waals surface area contributed by atoms with Crippen molar-refractivity contribution in [3.63, 3.8) is 0 Å². The van der Waals surface area contributed by atoms with Gasteiger partial charge in [0.25, 0.3) is 5.91 Å². The second-order valence-corrected chi connectivity index (χ2v) is 7.37. The van der Waals surface area contributed by atoms with Crippen molar-refractivity contribution in [3.05, 3.63) is 58.0 Å². The largest absolute Gasteiger partial charge is 0.482 e. The zero-order chi connectivity index (χ0) is 17.5. The number of hydrogen-bond acceptors (Lipinski definition) is 3. The lowest BCUT2D eigenvalue weighted by Crippen LogP contribution is -2.49. The molecule has 2 aliphatic rings. The number of rotatable bonds is 2. The van der Waals surface area contributed by atoms with Crippen LogP contribution < -0.4 is 15.8 Å². The molecule has 5 heteroatoms. The molecule has 1 heterocycles. The molecule has 0 fully saturated rings. The summed E-state index contributed by atoms with van der Waals surface area (Å²) in [6.07, 6.45) is 3.69. The summed E-state index contributed by atoms with van der Waals surface area (Å²) < 4.78 is 5.94. The Labute approximate surface area is 145 Å². The van der Waals surface area contributed by atoms with E-state index in [1.807, 2.05) is 57.2 Å². The summed E-state index contributed by atoms with van der Waals surface area (Å²) in [6.45, 7) is 5.58. The SMILES string of the molecule is CC(C)(C)NC(=O)C(O)C1=c2ccccc2=C2C=C(Cl)C=CC2O1. The van der Waals surface area contributed by atoms with E-state index in [1.165, 1.54) is 0 Å². The monoisotopic (exact) mass is 345 g/mol. The van der Waals surface area contributed by atoms with Crippen molar-refractivity contribution in [2.24, 2.45) is 0 Å². The number of amides is 1. The van der Waals surface area contributed by atoms with Gasteiger partial charge in [0, 0.05) is 21.4 Å². The van der Waals surface area contributed by atoms with Crippen LogP contribution in [0.25, 0.3) is 11.3 Å². The van der Waals surface area contributed by atoms with E-state index in [-0.39, 0.29) is 11.9 Å². The summed E-state index contributed by atoms with van der Waals surface area (Å²) in [4.78, 5) is 12.4. The van der Waals surface area contributed by atoms with E-state index in [1.54, 1.807) is 6.08 Å². The molecule has 0 saturated carbocycles. The van der Waals surface area contributed by atoms with Gasteiger partial charge in [-0.15, -0.1) is 0 Å². The molecule has 24 heavy (non-hydrogen) atoms. The van der Waals surface area contributed by atoms with E-state index in [9.17, 15) is 9.90 Å². The Bertz CT molecular complexity index is 861. The minimum absolute atomic E-state index is 0.261. The fourth-order valence-electron chi connectivity index (χ4n) is 2.81. The zero-order valence-corrected chi connectivity index (χ0v) is 14.6. The number of allylic oxidation sites excluding steroid dienone is 2. The molecule has 2 atom stereocenters. The van der Waals surface area contributed by atoms with Crippen LogP contribution >= 0.6 is 11.6 Å². The summed E-state index contributed by atoms with van der Waals surface area (Å²) in [5.41, 5.74) is 0.482. The van der Waals surface area contributed by atoms with E-state index in [4.69, 9.17) is 16.3 Å². The normalized spacial score (nSPS) is 20.5. The molecule has 2 N–H and O–H groups in total. The number of benzene rings is 1. The molecule has 0 bridgehead atoms. The number of halogens is 1. The highest BCUT2D eigenvalue weighted by Gasteiger charge is 2.31. The fraction of sp³-hybridized carbons (Fsp3) is 0.316. The lowest BCUT2D eigenvalue weighted by atomic mass is 9.96. The van der Waals surface area contributed by atoms with Crippen LogP contribution in [0.3, 0.4) is 0 Å². The predicted octanol–water partition coefficient (Wildman–Crippen LogP) is 1.31. The Balaban J connectivity index is 2.13. The summed E-state index contributed by atoms with van der Waals surface area (Å²) in [6, 6.07) is 7.53. The maximum atomic E-state index is 12.4. The first-order valence-corrected chi connectivity index (χ1v) is 8.20. The molecule has 126 valence electrons. The average molecular weight is 346 g/mol. The molecule has 0 saturated heterocycles. The van der Waals surface area contributed by atoms with E-state index >= 15 is 0 Å². The summed E-state index contributed by atoms with van der Waals surface area (Å²) >= 11 is 6.10. The van der Waals surface area contributed by atoms with Gasteiger partial charge in [-0.3, -0.25) is 4.79 Å². The number of hydrogen-bond donors (Lipinski definition) is 2. The van der Waals surface area contributed by atoms with Crippen molar-refractivity contribution in [2.75, 3.05) is 0 Å². The lowest BCUT2D eigenvalue weighted by Gasteiger charge is -2.29. The number of aliphatic hydroxyl groups excluding tert-OH is 1. The third-order valence-corrected chi connectivity index (χ3v) is 4.02. The highest BCUT2D eigenvalue weighted by Crippen LogP contribution is 2.26. The average Bonchev–Trinajstić information content (AvgIpc) is 2.52. The van der Waals surface area contributed by atoms with Gasteiger partial charge in [0.05, 0.1) is 0 Å². The molecule has 1 amide bonds. The van der Waals surface area contributed by atoms with E-state index < -0.39 is 17.6 Å². The third-order valence-electron chi connectivity index (χ3n) is 3.78. The Morgan fingerprint density at radius 3 is 2.62 bits per heavy atom. The van der Waals surface area contributed by atoms with Crippen LogP contribution in [0.2, 0.25) is 0 Å². The van der Waals surface area contributed by atoms with Crippen molar-refractivity contribution in [1.29, 1.82) is 0 Å². The van der Waals surface area contributed by atoms with Crippen LogP contribution in [0.5, 0.6) is 0 Å². The lowest BCUT2D eigenvalue weighted by molar-refractivity contribution is -0.129. The second-order valence-electron chi connectivity index (χ2n) is 6.93. The Morgan fingerprint density at radius 2 is 1.96 bits per heavy atom. The van der Waals surface area contributed by atoms with E-state index in [2.05, 4.69) is 5.32 Å². The molecule has 3 rings (SSSR count). The molecule has 1 aromatic rings. The second kappa shape index (κ2) is 6.11. The van der Waals surface area contributed by atoms with E-state index in [0.29, 0.717) is 10.3 Å². The van der Waals surface area contributed by atoms with Gasteiger partial charge in [0.1, 0.15) is 11.9 Å². The minimum Gasteiger partial charge on any atom is -0.482 e. The number of nitrogens with one attached hydrogen (secondary N) is 1. The number of carbonyl (C=O) groups is 1. The highest BCUT2D eigenvalue weighted by atomic mass is 35.5. The Morgan fingerprint density at radius 1 is 1.29 bits per heavy atom. The molecule has 4 nitrogen and oxygen atoms in total. The van der Waals surface area contributed by atoms with Gasteiger partial charge >= 0.3 is 0 Å². The minimum atomic E-state index is -1.37. The molecular formula is C19H20ClNO3. The fourth-order valence-corrected chi connectivity index (χ4v) is 3.00. The van der Waals surface area contributed by atoms with Crippen LogP contribution in [0.15, 0.2) is 47.5 Å². The third kappa shape index (κ3) is 3.25. The quantitative estimate of drug-likeness (QED) is 0.849. The summed E-state index contributed by atoms with van der Waals surface area (Å²) in [7, 11) is 0. The van der Waals surface area contributed by atoms with Crippen LogP contribution in [0, 0.1) is 0 Å². The molecule has 1 aromatic carbocycles. The van der Waals surface area contributed by atoms with Gasteiger partial charge in [-0.2, -0.15) is 0 Å². The first kappa shape index (κ1) is 16.8. The maximum Gasteiger partial charge on any atom is 0.257 e. The zero-order valence-electron chi connectivity index (χ0n) is 13.8. The van der Waals surface area contributed by atoms with Crippen molar-refractivity contribution in [1.82, 2.24) is 5.32 Å². The van der Waals surface area contributed by atoms with Crippen molar-refractivity contribution >= 4 is 28.8 Å². The number of aliphatic hydroxyl groups is 1. The first-order valence-electron chi connectivity index (χ1n) is 7.82. The first-order chi connectivity index (χ1) is 11.3. The van der Waals surface area contributed by atoms with Gasteiger partial charge in [-0.25, -0.2) is 0 Å². The van der Waals surface area contributed by atoms with Crippen molar-refractivity contribution in [2.45, 2.75) is 38.5 Å². The van der Waals surface area contributed by atoms with Gasteiger partial charge in [-0.1, -0.05) is 35.9 Å². The topological polar surface area (TPSA) is 58.6 Å². The molecule has 2 unspecified atom stereocenters. The van der Waals surface area contributed by atoms with Gasteiger partial charge < -0.3 is 15.2 Å². The smallest absolute Gasteiger partial charge is 0.257 e. The van der Waals surface area contributed by atoms with Crippen LogP contribution in [-0.2, 0) is 9.53 Å². The Kier molecular flexibility index (Phi) is 4.28. The van der Waals surface area contributed by atoms with Gasteiger partial charge in [-0.05, 0) is 44.2 Å². The van der Waals surface area contributed by atoms with Crippen LogP contribution in [0.1, 0.15) is 20.8 Å². The number of carbonyl (C=O) groups excluding carboxylic acids is 1. The van der Waals surface area contributed by atoms with Crippen LogP contribution in [0.4, 0.5) is 0 Å². The predicted molar refractivity (Wildman–Crippen MR) is 94.4 cm³/mol. The molecule has 0 radical (unpaired) electrons. The van der Waals surface area contributed by atoms with Gasteiger partial charge in [0.15, 0.2) is 6.10 Å². The number of ether oxygens (including phenoxy) is 1. The summed E-state index contributed by atoms with van der Waals surface area (Å²) in [5.74, 6) is -0.221. The molecular weight excluding hydrogens is 326 g/mol. The molecule has 0 aromatic heterocycles. The van der Waals surface area contributed by atoms with E-state index in [0.717, 1.165) is 10.8 Å². The molecule has 1 aliphatic carbocycles. The standard InChI is InChI=1S/C19H20ClNO3/c1-19(2,3)21-18(23)16(22)17-13-7-5-4-6-12(13)14-10-11(20)8-9-15(14)24-17/h4-10,15-16,22H,1-3H3,(H,21,23). The maximum absolute atomic E-state index is 12.4. The van der Waals surface area contributed by atoms with Crippen molar-refractivity contribution in [3.8, 4) is 0 Å². The van der Waals surface area contributed by atoms with Gasteiger partial charge in [0.2, 0.25) is 0 Å². The number of fused-ring (bicyclic) bond motifs is 2. The molecule has 0 spiro atoms.